The van der Waals surface area contributed by atoms with Crippen LogP contribution < -0.4 is 6.15 Å². The first-order valence-electron chi connectivity index (χ1n) is 3.04. The molecule has 0 aliphatic rings. The van der Waals surface area contributed by atoms with Crippen molar-refractivity contribution < 1.29 is 13.0 Å². The van der Waals surface area contributed by atoms with Crippen molar-refractivity contribution in [2.24, 2.45) is 0 Å². The number of benzene rings is 1. The maximum atomic E-state index is 10.5. The molecule has 1 aromatic carbocycles. The molecule has 0 fully saturated rings. The van der Waals surface area contributed by atoms with Crippen LogP contribution in [-0.4, -0.2) is 13.0 Å². The Bertz CT molecular complexity index is 347. The van der Waals surface area contributed by atoms with Crippen LogP contribution in [0.5, 0.6) is 0 Å². The Morgan fingerprint density at radius 2 is 1.54 bits per heavy atom. The topological polar surface area (TPSA) is 89.4 Å². The van der Waals surface area contributed by atoms with Crippen LogP contribution in [0.3, 0.4) is 0 Å². The summed E-state index contributed by atoms with van der Waals surface area (Å²) in [4.78, 5) is -0.0666. The molecule has 76 valence electrons. The molecule has 13 heavy (non-hydrogen) atoms. The fourth-order valence-electron chi connectivity index (χ4n) is 0.710. The largest absolute Gasteiger partial charge is 0.344 e. The zero-order valence-corrected chi connectivity index (χ0v) is 8.73. The lowest BCUT2D eigenvalue weighted by atomic mass is 10.2. The van der Waals surface area contributed by atoms with E-state index in [2.05, 4.69) is 0 Å². The average Bonchev–Trinajstić information content (AvgIpc) is 1.86. The second-order valence-electron chi connectivity index (χ2n) is 2.29. The normalized spacial score (nSPS) is 9.69. The van der Waals surface area contributed by atoms with Gasteiger partial charge in [0.2, 0.25) is 0 Å². The lowest BCUT2D eigenvalue weighted by molar-refractivity contribution is 0.483. The molecule has 0 unspecified atom stereocenters. The van der Waals surface area contributed by atoms with Crippen molar-refractivity contribution in [3.63, 3.8) is 0 Å². The average molecular weight is 226 g/mol. The number of aryl methyl sites for hydroxylation is 1. The number of rotatable bonds is 1. The van der Waals surface area contributed by atoms with E-state index in [9.17, 15) is 8.42 Å². The summed E-state index contributed by atoms with van der Waals surface area (Å²) >= 11 is 0. The molecule has 0 saturated carbocycles. The molecule has 6 heteroatoms. The second-order valence-corrected chi connectivity index (χ2v) is 3.71. The summed E-state index contributed by atoms with van der Waals surface area (Å²) in [5, 5.41) is 0. The first-order valence-corrected chi connectivity index (χ1v) is 4.48. The molecule has 4 N–H and O–H groups in total. The van der Waals surface area contributed by atoms with Gasteiger partial charge in [0.15, 0.2) is 0 Å². The Morgan fingerprint density at radius 3 is 1.85 bits per heavy atom. The molecule has 0 bridgehead atoms. The van der Waals surface area contributed by atoms with E-state index in [0.29, 0.717) is 0 Å². The highest BCUT2D eigenvalue weighted by Crippen LogP contribution is 2.08. The van der Waals surface area contributed by atoms with Gasteiger partial charge in [-0.25, -0.2) is 0 Å². The van der Waals surface area contributed by atoms with Crippen molar-refractivity contribution in [3.8, 4) is 0 Å². The summed E-state index contributed by atoms with van der Waals surface area (Å²) in [5.41, 5.74) is 0.956. The third-order valence-corrected chi connectivity index (χ3v) is 2.19. The summed E-state index contributed by atoms with van der Waals surface area (Å²) in [7, 11) is -4.02. The Kier molecular flexibility index (Phi) is 5.93. The standard InChI is InChI=1S/C7H8O3S.ClH.H3N/c1-6-2-4-7(5-3-6)11(8,9)10;;/h2-5H,1H3,(H,8,9,10);1H;1H3. The predicted octanol–water partition coefficient (Wildman–Crippen LogP) is 1.83. The van der Waals surface area contributed by atoms with Crippen molar-refractivity contribution in [3.05, 3.63) is 29.8 Å². The van der Waals surface area contributed by atoms with Crippen molar-refractivity contribution in [2.75, 3.05) is 0 Å². The van der Waals surface area contributed by atoms with Crippen LogP contribution in [0.15, 0.2) is 29.2 Å². The number of hydrogen-bond donors (Lipinski definition) is 2. The SMILES string of the molecule is Cc1ccc(S(=O)(=O)O)cc1.Cl.N. The van der Waals surface area contributed by atoms with E-state index in [0.717, 1.165) is 5.56 Å². The highest BCUT2D eigenvalue weighted by atomic mass is 35.5. The predicted molar refractivity (Wildman–Crippen MR) is 53.3 cm³/mol. The highest BCUT2D eigenvalue weighted by Gasteiger charge is 2.06. The summed E-state index contributed by atoms with van der Waals surface area (Å²) in [6, 6.07) is 5.99. The quantitative estimate of drug-likeness (QED) is 0.714. The van der Waals surface area contributed by atoms with Gasteiger partial charge in [-0.15, -0.1) is 12.4 Å². The van der Waals surface area contributed by atoms with E-state index >= 15 is 0 Å². The minimum atomic E-state index is -4.02. The Labute approximate surface area is 83.7 Å². The minimum Gasteiger partial charge on any atom is -0.344 e. The van der Waals surface area contributed by atoms with Gasteiger partial charge in [0, 0.05) is 0 Å². The lowest BCUT2D eigenvalue weighted by Crippen LogP contribution is -1.96. The van der Waals surface area contributed by atoms with Gasteiger partial charge in [-0.1, -0.05) is 17.7 Å². The van der Waals surface area contributed by atoms with E-state index in [1.807, 2.05) is 6.92 Å². The van der Waals surface area contributed by atoms with Crippen LogP contribution in [0.4, 0.5) is 0 Å². The lowest BCUT2D eigenvalue weighted by Gasteiger charge is -1.95. The molecule has 0 atom stereocenters. The summed E-state index contributed by atoms with van der Waals surface area (Å²) in [6.07, 6.45) is 0. The van der Waals surface area contributed by atoms with Gasteiger partial charge in [-0.3, -0.25) is 4.55 Å². The Hall–Kier alpha value is -0.620. The highest BCUT2D eigenvalue weighted by molar-refractivity contribution is 7.85. The maximum Gasteiger partial charge on any atom is 0.294 e. The van der Waals surface area contributed by atoms with Crippen molar-refractivity contribution >= 4 is 22.5 Å². The van der Waals surface area contributed by atoms with Gasteiger partial charge in [0.25, 0.3) is 10.1 Å². The van der Waals surface area contributed by atoms with E-state index in [4.69, 9.17) is 4.55 Å². The van der Waals surface area contributed by atoms with Crippen molar-refractivity contribution in [2.45, 2.75) is 11.8 Å². The van der Waals surface area contributed by atoms with Gasteiger partial charge < -0.3 is 6.15 Å². The van der Waals surface area contributed by atoms with Crippen molar-refractivity contribution in [1.29, 1.82) is 0 Å². The number of hydrogen-bond acceptors (Lipinski definition) is 3. The minimum absolute atomic E-state index is 0. The maximum absolute atomic E-state index is 10.5. The molecular formula is C7H12ClNO3S. The smallest absolute Gasteiger partial charge is 0.294 e. The third-order valence-electron chi connectivity index (χ3n) is 1.32. The molecule has 0 aromatic heterocycles. The van der Waals surface area contributed by atoms with Gasteiger partial charge in [-0.2, -0.15) is 8.42 Å². The fourth-order valence-corrected chi connectivity index (χ4v) is 1.19. The Balaban J connectivity index is 0. The van der Waals surface area contributed by atoms with E-state index in [-0.39, 0.29) is 23.5 Å². The van der Waals surface area contributed by atoms with Gasteiger partial charge in [0.1, 0.15) is 0 Å². The fraction of sp³-hybridized carbons (Fsp3) is 0.143. The van der Waals surface area contributed by atoms with Crippen LogP contribution >= 0.6 is 12.4 Å². The molecule has 1 rings (SSSR count). The van der Waals surface area contributed by atoms with E-state index in [1.165, 1.54) is 12.1 Å². The van der Waals surface area contributed by atoms with E-state index in [1.54, 1.807) is 12.1 Å². The first kappa shape index (κ1) is 14.9. The molecule has 1 aromatic rings. The zero-order chi connectivity index (χ0) is 8.48. The van der Waals surface area contributed by atoms with Crippen LogP contribution in [0.25, 0.3) is 0 Å². The zero-order valence-electron chi connectivity index (χ0n) is 7.10. The van der Waals surface area contributed by atoms with Crippen molar-refractivity contribution in [1.82, 2.24) is 6.15 Å². The molecule has 0 aliphatic carbocycles. The van der Waals surface area contributed by atoms with Gasteiger partial charge >= 0.3 is 0 Å². The molecular weight excluding hydrogens is 214 g/mol. The van der Waals surface area contributed by atoms with Gasteiger partial charge in [-0.05, 0) is 19.1 Å². The molecule has 0 spiro atoms. The molecule has 0 radical (unpaired) electrons. The summed E-state index contributed by atoms with van der Waals surface area (Å²) in [6.45, 7) is 1.84. The van der Waals surface area contributed by atoms with E-state index < -0.39 is 10.1 Å². The van der Waals surface area contributed by atoms with Crippen LogP contribution in [-0.2, 0) is 10.1 Å². The Morgan fingerprint density at radius 1 is 1.15 bits per heavy atom. The van der Waals surface area contributed by atoms with Crippen LogP contribution in [0.2, 0.25) is 0 Å². The summed E-state index contributed by atoms with van der Waals surface area (Å²) in [5.74, 6) is 0. The second kappa shape index (κ2) is 5.18. The molecule has 0 heterocycles. The van der Waals surface area contributed by atoms with Crippen LogP contribution in [0.1, 0.15) is 5.56 Å². The first-order chi connectivity index (χ1) is 5.00. The molecule has 0 amide bonds. The number of halogens is 1. The van der Waals surface area contributed by atoms with Crippen LogP contribution in [0, 0.1) is 6.92 Å². The molecule has 0 aliphatic heterocycles. The summed E-state index contributed by atoms with van der Waals surface area (Å²) < 4.78 is 29.6. The monoisotopic (exact) mass is 225 g/mol. The molecule has 4 nitrogen and oxygen atoms in total. The third kappa shape index (κ3) is 4.23. The molecule has 0 saturated heterocycles. The van der Waals surface area contributed by atoms with Gasteiger partial charge in [0.05, 0.1) is 4.90 Å².